The number of hydrogen-bond acceptors (Lipinski definition) is 2. The van der Waals surface area contributed by atoms with Crippen LogP contribution in [0.2, 0.25) is 0 Å². The van der Waals surface area contributed by atoms with Crippen LogP contribution in [-0.2, 0) is 11.2 Å². The Morgan fingerprint density at radius 1 is 1.53 bits per heavy atom. The highest BCUT2D eigenvalue weighted by Crippen LogP contribution is 2.45. The van der Waals surface area contributed by atoms with Crippen molar-refractivity contribution in [3.63, 3.8) is 0 Å². The molecular formula is C14H16N2O. The van der Waals surface area contributed by atoms with Crippen LogP contribution in [0.15, 0.2) is 18.2 Å². The molecule has 1 aliphatic rings. The molecule has 0 aliphatic heterocycles. The largest absolute Gasteiger partial charge is 0.349 e. The van der Waals surface area contributed by atoms with E-state index in [1.165, 1.54) is 12.5 Å². The summed E-state index contributed by atoms with van der Waals surface area (Å²) in [6.07, 6.45) is 0.930. The molecule has 1 aromatic rings. The third-order valence-electron chi connectivity index (χ3n) is 3.36. The second-order valence-corrected chi connectivity index (χ2v) is 5.32. The van der Waals surface area contributed by atoms with E-state index >= 15 is 0 Å². The Balaban J connectivity index is 2.46. The third kappa shape index (κ3) is 2.03. The number of carbonyl (C=O) groups is 1. The molecule has 1 amide bonds. The molecule has 3 nitrogen and oxygen atoms in total. The molecule has 2 rings (SSSR count). The minimum absolute atomic E-state index is 0.00207. The maximum Gasteiger partial charge on any atom is 0.217 e. The number of nitriles is 1. The lowest BCUT2D eigenvalue weighted by molar-refractivity contribution is -0.120. The normalized spacial score (nSPS) is 20.5. The smallest absolute Gasteiger partial charge is 0.217 e. The molecule has 0 fully saturated rings. The van der Waals surface area contributed by atoms with Crippen LogP contribution < -0.4 is 5.32 Å². The summed E-state index contributed by atoms with van der Waals surface area (Å²) in [7, 11) is 0. The van der Waals surface area contributed by atoms with E-state index in [4.69, 9.17) is 5.26 Å². The average Bonchev–Trinajstić information content (AvgIpc) is 2.49. The van der Waals surface area contributed by atoms with E-state index in [0.717, 1.165) is 12.0 Å². The average molecular weight is 228 g/mol. The van der Waals surface area contributed by atoms with Crippen molar-refractivity contribution < 1.29 is 4.79 Å². The molecule has 1 unspecified atom stereocenters. The van der Waals surface area contributed by atoms with Gasteiger partial charge in [-0.3, -0.25) is 4.79 Å². The zero-order valence-electron chi connectivity index (χ0n) is 10.4. The molecule has 0 heterocycles. The Bertz CT molecular complexity index is 511. The van der Waals surface area contributed by atoms with Crippen molar-refractivity contribution in [3.05, 3.63) is 34.9 Å². The van der Waals surface area contributed by atoms with Crippen molar-refractivity contribution in [1.29, 1.82) is 5.26 Å². The van der Waals surface area contributed by atoms with Gasteiger partial charge in [-0.1, -0.05) is 19.9 Å². The van der Waals surface area contributed by atoms with E-state index in [1.807, 2.05) is 18.2 Å². The van der Waals surface area contributed by atoms with Gasteiger partial charge in [-0.15, -0.1) is 0 Å². The number of amides is 1. The van der Waals surface area contributed by atoms with E-state index in [1.54, 1.807) is 0 Å². The molecule has 1 aliphatic carbocycles. The van der Waals surface area contributed by atoms with Crippen molar-refractivity contribution >= 4 is 5.91 Å². The lowest BCUT2D eigenvalue weighted by atomic mass is 9.85. The fourth-order valence-electron chi connectivity index (χ4n) is 2.58. The van der Waals surface area contributed by atoms with Gasteiger partial charge >= 0.3 is 0 Å². The summed E-state index contributed by atoms with van der Waals surface area (Å²) in [5.41, 5.74) is 2.97. The summed E-state index contributed by atoms with van der Waals surface area (Å²) in [5.74, 6) is -0.0294. The standard InChI is InChI=1S/C14H16N2O/c1-9(17)16-13-12-6-10(8-15)4-5-11(12)7-14(13,2)3/h4-6,13H,7H2,1-3H3,(H,16,17). The topological polar surface area (TPSA) is 52.9 Å². The first kappa shape index (κ1) is 11.7. The lowest BCUT2D eigenvalue weighted by Gasteiger charge is -2.28. The minimum atomic E-state index is -0.0294. The van der Waals surface area contributed by atoms with E-state index in [-0.39, 0.29) is 17.4 Å². The maximum atomic E-state index is 11.3. The van der Waals surface area contributed by atoms with Crippen LogP contribution in [0.25, 0.3) is 0 Å². The Labute approximate surface area is 101 Å². The highest BCUT2D eigenvalue weighted by molar-refractivity contribution is 5.74. The Kier molecular flexibility index (Phi) is 2.66. The molecule has 1 N–H and O–H groups in total. The molecule has 0 saturated carbocycles. The molecule has 3 heteroatoms. The Hall–Kier alpha value is -1.82. The zero-order chi connectivity index (χ0) is 12.6. The Morgan fingerprint density at radius 2 is 2.24 bits per heavy atom. The van der Waals surface area contributed by atoms with Gasteiger partial charge in [0.1, 0.15) is 0 Å². The molecule has 1 aromatic carbocycles. The first-order chi connectivity index (χ1) is 7.94. The molecule has 0 bridgehead atoms. The van der Waals surface area contributed by atoms with Gasteiger partial charge in [0.15, 0.2) is 0 Å². The SMILES string of the molecule is CC(=O)NC1c2cc(C#N)ccc2CC1(C)C. The van der Waals surface area contributed by atoms with E-state index < -0.39 is 0 Å². The van der Waals surface area contributed by atoms with Crippen LogP contribution in [0, 0.1) is 16.7 Å². The van der Waals surface area contributed by atoms with Crippen LogP contribution in [-0.4, -0.2) is 5.91 Å². The minimum Gasteiger partial charge on any atom is -0.349 e. The summed E-state index contributed by atoms with van der Waals surface area (Å²) in [4.78, 5) is 11.3. The molecule has 88 valence electrons. The number of nitrogens with one attached hydrogen (secondary N) is 1. The van der Waals surface area contributed by atoms with Crippen molar-refractivity contribution in [2.24, 2.45) is 5.41 Å². The van der Waals surface area contributed by atoms with Crippen LogP contribution in [0.1, 0.15) is 43.5 Å². The molecule has 1 atom stereocenters. The van der Waals surface area contributed by atoms with Gasteiger partial charge in [-0.25, -0.2) is 0 Å². The maximum absolute atomic E-state index is 11.3. The van der Waals surface area contributed by atoms with Crippen molar-refractivity contribution in [1.82, 2.24) is 5.32 Å². The van der Waals surface area contributed by atoms with Gasteiger partial charge in [-0.2, -0.15) is 5.26 Å². The summed E-state index contributed by atoms with van der Waals surface area (Å²) in [5, 5.41) is 11.9. The van der Waals surface area contributed by atoms with Gasteiger partial charge in [0, 0.05) is 6.92 Å². The first-order valence-corrected chi connectivity index (χ1v) is 5.74. The lowest BCUT2D eigenvalue weighted by Crippen LogP contribution is -2.34. The van der Waals surface area contributed by atoms with Crippen molar-refractivity contribution in [2.45, 2.75) is 33.2 Å². The number of hydrogen-bond donors (Lipinski definition) is 1. The summed E-state index contributed by atoms with van der Waals surface area (Å²) >= 11 is 0. The molecule has 17 heavy (non-hydrogen) atoms. The van der Waals surface area contributed by atoms with Gasteiger partial charge in [-0.05, 0) is 35.1 Å². The highest BCUT2D eigenvalue weighted by atomic mass is 16.1. The van der Waals surface area contributed by atoms with Crippen molar-refractivity contribution in [2.75, 3.05) is 0 Å². The summed E-state index contributed by atoms with van der Waals surface area (Å²) in [6.45, 7) is 5.81. The summed E-state index contributed by atoms with van der Waals surface area (Å²) in [6, 6.07) is 7.88. The first-order valence-electron chi connectivity index (χ1n) is 5.74. The highest BCUT2D eigenvalue weighted by Gasteiger charge is 2.39. The number of fused-ring (bicyclic) bond motifs is 1. The van der Waals surface area contributed by atoms with Gasteiger partial charge in [0.25, 0.3) is 0 Å². The van der Waals surface area contributed by atoms with Crippen LogP contribution in [0.5, 0.6) is 0 Å². The Morgan fingerprint density at radius 3 is 2.82 bits per heavy atom. The second-order valence-electron chi connectivity index (χ2n) is 5.32. The number of nitrogens with zero attached hydrogens (tertiary/aromatic N) is 1. The van der Waals surface area contributed by atoms with E-state index in [0.29, 0.717) is 5.56 Å². The van der Waals surface area contributed by atoms with E-state index in [2.05, 4.69) is 25.2 Å². The fraction of sp³-hybridized carbons (Fsp3) is 0.429. The molecule has 0 aromatic heterocycles. The predicted octanol–water partition coefficient (Wildman–Crippen LogP) is 2.32. The predicted molar refractivity (Wildman–Crippen MR) is 65.2 cm³/mol. The van der Waals surface area contributed by atoms with E-state index in [9.17, 15) is 4.79 Å². The molecule has 0 spiro atoms. The van der Waals surface area contributed by atoms with Gasteiger partial charge in [0.05, 0.1) is 17.7 Å². The quantitative estimate of drug-likeness (QED) is 0.802. The molecular weight excluding hydrogens is 212 g/mol. The fourth-order valence-corrected chi connectivity index (χ4v) is 2.58. The number of benzene rings is 1. The summed E-state index contributed by atoms with van der Waals surface area (Å²) < 4.78 is 0. The second kappa shape index (κ2) is 3.89. The third-order valence-corrected chi connectivity index (χ3v) is 3.36. The number of rotatable bonds is 1. The number of carbonyl (C=O) groups excluding carboxylic acids is 1. The van der Waals surface area contributed by atoms with Crippen LogP contribution in [0.3, 0.4) is 0 Å². The molecule has 0 radical (unpaired) electrons. The van der Waals surface area contributed by atoms with Crippen LogP contribution >= 0.6 is 0 Å². The van der Waals surface area contributed by atoms with Crippen molar-refractivity contribution in [3.8, 4) is 6.07 Å². The monoisotopic (exact) mass is 228 g/mol. The van der Waals surface area contributed by atoms with Crippen LogP contribution in [0.4, 0.5) is 0 Å². The van der Waals surface area contributed by atoms with Gasteiger partial charge < -0.3 is 5.32 Å². The molecule has 0 saturated heterocycles. The zero-order valence-corrected chi connectivity index (χ0v) is 10.4. The van der Waals surface area contributed by atoms with Gasteiger partial charge in [0.2, 0.25) is 5.91 Å².